The van der Waals surface area contributed by atoms with Gasteiger partial charge in [-0.25, -0.2) is 0 Å². The van der Waals surface area contributed by atoms with Crippen LogP contribution in [0.1, 0.15) is 0 Å². The van der Waals surface area contributed by atoms with E-state index in [9.17, 15) is 26.3 Å². The van der Waals surface area contributed by atoms with Gasteiger partial charge in [-0.05, 0) is 0 Å². The summed E-state index contributed by atoms with van der Waals surface area (Å²) >= 11 is 0. The Morgan fingerprint density at radius 3 is 1.17 bits per heavy atom. The Kier molecular flexibility index (Phi) is 5.99. The van der Waals surface area contributed by atoms with Gasteiger partial charge in [-0.3, -0.25) is 0 Å². The fourth-order valence-corrected chi connectivity index (χ4v) is 0.282. The van der Waals surface area contributed by atoms with Crippen LogP contribution in [-0.2, 0) is 21.8 Å². The van der Waals surface area contributed by atoms with Gasteiger partial charge in [0, 0.05) is 17.1 Å². The standard InChI is InChI=1S/C4H4F6O.Cu/c5-3(6,7)1-11-2-4(8,9)10;/h1-2H2;. The Labute approximate surface area is 74.5 Å². The molecule has 0 atom stereocenters. The van der Waals surface area contributed by atoms with E-state index in [0.717, 1.165) is 0 Å². The van der Waals surface area contributed by atoms with Crippen molar-refractivity contribution in [2.24, 2.45) is 0 Å². The second-order valence-corrected chi connectivity index (χ2v) is 1.72. The van der Waals surface area contributed by atoms with E-state index >= 15 is 0 Å². The van der Waals surface area contributed by atoms with Crippen molar-refractivity contribution in [3.05, 3.63) is 0 Å². The van der Waals surface area contributed by atoms with Gasteiger partial charge in [0.05, 0.1) is 0 Å². The van der Waals surface area contributed by atoms with Gasteiger partial charge >= 0.3 is 12.4 Å². The molecule has 0 aliphatic carbocycles. The molecule has 0 aromatic rings. The third-order valence-corrected chi connectivity index (χ3v) is 0.531. The van der Waals surface area contributed by atoms with Gasteiger partial charge in [0.15, 0.2) is 0 Å². The second-order valence-electron chi connectivity index (χ2n) is 1.72. The van der Waals surface area contributed by atoms with E-state index in [0.29, 0.717) is 0 Å². The second kappa shape index (κ2) is 4.93. The molecule has 8 heteroatoms. The molecule has 0 N–H and O–H groups in total. The van der Waals surface area contributed by atoms with Crippen molar-refractivity contribution in [1.29, 1.82) is 0 Å². The van der Waals surface area contributed by atoms with Crippen LogP contribution in [0.5, 0.6) is 0 Å². The van der Waals surface area contributed by atoms with Crippen LogP contribution in [-0.4, -0.2) is 25.6 Å². The number of hydrogen-bond acceptors (Lipinski definition) is 1. The summed E-state index contributed by atoms with van der Waals surface area (Å²) in [6.45, 7) is -3.74. The van der Waals surface area contributed by atoms with Gasteiger partial charge in [0.25, 0.3) is 0 Å². The molecule has 0 bridgehead atoms. The number of hydrogen-bond donors (Lipinski definition) is 0. The predicted octanol–water partition coefficient (Wildman–Crippen LogP) is 2.13. The van der Waals surface area contributed by atoms with Crippen LogP contribution in [0.2, 0.25) is 0 Å². The maximum absolute atomic E-state index is 11.1. The fourth-order valence-electron chi connectivity index (χ4n) is 0.282. The van der Waals surface area contributed by atoms with Gasteiger partial charge in [0.2, 0.25) is 0 Å². The Morgan fingerprint density at radius 1 is 0.750 bits per heavy atom. The molecule has 0 aromatic carbocycles. The molecule has 12 heavy (non-hydrogen) atoms. The number of alkyl halides is 6. The minimum absolute atomic E-state index is 0. The first-order valence-electron chi connectivity index (χ1n) is 2.42. The zero-order valence-corrected chi connectivity index (χ0v) is 6.33. The average molecular weight is 246 g/mol. The normalized spacial score (nSPS) is 12.5. The van der Waals surface area contributed by atoms with Crippen molar-refractivity contribution in [2.45, 2.75) is 12.4 Å². The summed E-state index contributed by atoms with van der Waals surface area (Å²) in [5.74, 6) is 0. The van der Waals surface area contributed by atoms with E-state index in [1.807, 2.05) is 0 Å². The number of ether oxygens (including phenoxy) is 1. The first-order chi connectivity index (χ1) is 4.71. The molecule has 0 aliphatic heterocycles. The zero-order chi connectivity index (χ0) is 9.12. The predicted molar refractivity (Wildman–Crippen MR) is 22.9 cm³/mol. The Bertz CT molecular complexity index is 104. The molecule has 1 radical (unpaired) electrons. The van der Waals surface area contributed by atoms with Crippen LogP contribution in [0.25, 0.3) is 0 Å². The molecule has 0 amide bonds. The van der Waals surface area contributed by atoms with Gasteiger partial charge in [-0.1, -0.05) is 0 Å². The molecule has 0 rings (SSSR count). The molecule has 0 saturated carbocycles. The summed E-state index contributed by atoms with van der Waals surface area (Å²) in [5.41, 5.74) is 0. The molecule has 1 nitrogen and oxygen atoms in total. The molecule has 0 fully saturated rings. The molecule has 0 aromatic heterocycles. The quantitative estimate of drug-likeness (QED) is 0.535. The summed E-state index contributed by atoms with van der Waals surface area (Å²) in [6, 6.07) is 0. The van der Waals surface area contributed by atoms with E-state index in [4.69, 9.17) is 0 Å². The van der Waals surface area contributed by atoms with Crippen molar-refractivity contribution >= 4 is 0 Å². The largest absolute Gasteiger partial charge is 0.411 e. The van der Waals surface area contributed by atoms with Crippen molar-refractivity contribution in [2.75, 3.05) is 13.2 Å². The van der Waals surface area contributed by atoms with Crippen molar-refractivity contribution in [3.8, 4) is 0 Å². The topological polar surface area (TPSA) is 9.23 Å². The van der Waals surface area contributed by atoms with Crippen LogP contribution in [0.3, 0.4) is 0 Å². The fraction of sp³-hybridized carbons (Fsp3) is 1.00. The third kappa shape index (κ3) is 12.7. The molecule has 0 unspecified atom stereocenters. The smallest absolute Gasteiger partial charge is 0.363 e. The average Bonchev–Trinajstić information content (AvgIpc) is 1.55. The summed E-state index contributed by atoms with van der Waals surface area (Å²) < 4.78 is 70.1. The third-order valence-electron chi connectivity index (χ3n) is 0.531. The van der Waals surface area contributed by atoms with Crippen LogP contribution < -0.4 is 0 Å². The first kappa shape index (κ1) is 14.6. The Morgan fingerprint density at radius 2 is 1.00 bits per heavy atom. The summed E-state index contributed by atoms with van der Waals surface area (Å²) in [6.07, 6.45) is -9.41. The molecule has 79 valence electrons. The zero-order valence-electron chi connectivity index (χ0n) is 5.39. The molecule has 0 heterocycles. The Hall–Kier alpha value is 0.0595. The number of halogens is 6. The summed E-state index contributed by atoms with van der Waals surface area (Å²) in [7, 11) is 0. The van der Waals surface area contributed by atoms with E-state index in [-0.39, 0.29) is 17.1 Å². The maximum atomic E-state index is 11.1. The van der Waals surface area contributed by atoms with E-state index in [1.54, 1.807) is 0 Å². The van der Waals surface area contributed by atoms with Crippen molar-refractivity contribution in [3.63, 3.8) is 0 Å². The van der Waals surface area contributed by atoms with Gasteiger partial charge in [0.1, 0.15) is 13.2 Å². The van der Waals surface area contributed by atoms with Crippen LogP contribution in [0.15, 0.2) is 0 Å². The van der Waals surface area contributed by atoms with Gasteiger partial charge < -0.3 is 4.74 Å². The molecular weight excluding hydrogens is 242 g/mol. The van der Waals surface area contributed by atoms with Crippen LogP contribution in [0.4, 0.5) is 26.3 Å². The Balaban J connectivity index is 0. The van der Waals surface area contributed by atoms with Gasteiger partial charge in [-0.2, -0.15) is 26.3 Å². The summed E-state index contributed by atoms with van der Waals surface area (Å²) in [5, 5.41) is 0. The minimum Gasteiger partial charge on any atom is -0.363 e. The number of rotatable bonds is 2. The maximum Gasteiger partial charge on any atom is 0.411 e. The molecule has 0 saturated heterocycles. The van der Waals surface area contributed by atoms with Crippen molar-refractivity contribution in [1.82, 2.24) is 0 Å². The van der Waals surface area contributed by atoms with Crippen LogP contribution in [0, 0.1) is 0 Å². The van der Waals surface area contributed by atoms with Crippen molar-refractivity contribution < 1.29 is 48.1 Å². The molecule has 0 spiro atoms. The van der Waals surface area contributed by atoms with E-state index in [2.05, 4.69) is 4.74 Å². The SMILES string of the molecule is FC(F)(F)COCC(F)(F)F.[Cu]. The van der Waals surface area contributed by atoms with E-state index < -0.39 is 25.6 Å². The minimum atomic E-state index is -4.70. The van der Waals surface area contributed by atoms with E-state index in [1.165, 1.54) is 0 Å². The van der Waals surface area contributed by atoms with Crippen LogP contribution >= 0.6 is 0 Å². The molecule has 0 aliphatic rings. The first-order valence-corrected chi connectivity index (χ1v) is 2.42. The monoisotopic (exact) mass is 245 g/mol. The van der Waals surface area contributed by atoms with Gasteiger partial charge in [-0.15, -0.1) is 0 Å². The summed E-state index contributed by atoms with van der Waals surface area (Å²) in [4.78, 5) is 0. The molecular formula is C4H4CuF6O.